The number of rotatable bonds is 5. The zero-order chi connectivity index (χ0) is 18.5. The number of aryl methyl sites for hydroxylation is 2. The van der Waals surface area contributed by atoms with Crippen LogP contribution >= 0.6 is 0 Å². The second-order valence-corrected chi connectivity index (χ2v) is 6.87. The van der Waals surface area contributed by atoms with Crippen LogP contribution in [0.25, 0.3) is 0 Å². The zero-order valence-corrected chi connectivity index (χ0v) is 15.6. The number of ether oxygens (including phenoxy) is 2. The van der Waals surface area contributed by atoms with Crippen LogP contribution in [-0.4, -0.2) is 77.5 Å². The number of methoxy groups -OCH3 is 1. The van der Waals surface area contributed by atoms with Crippen molar-refractivity contribution in [2.45, 2.75) is 45.3 Å². The van der Waals surface area contributed by atoms with Gasteiger partial charge in [0.05, 0.1) is 31.7 Å². The molecular weight excluding hydrogens is 336 g/mol. The Kier molecular flexibility index (Phi) is 6.26. The molecule has 0 aliphatic carbocycles. The SMILES string of the molecule is COC(=O)C(C)N1CCCn2nc(CCC(=O)N3CCOCC3)cc2C1. The number of hydrogen-bond acceptors (Lipinski definition) is 6. The van der Waals surface area contributed by atoms with E-state index in [9.17, 15) is 9.59 Å². The Bertz CT molecular complexity index is 639. The molecule has 0 spiro atoms. The van der Waals surface area contributed by atoms with Gasteiger partial charge in [-0.1, -0.05) is 0 Å². The summed E-state index contributed by atoms with van der Waals surface area (Å²) in [6.45, 7) is 6.82. The fourth-order valence-electron chi connectivity index (χ4n) is 3.52. The number of carbonyl (C=O) groups is 2. The summed E-state index contributed by atoms with van der Waals surface area (Å²) >= 11 is 0. The van der Waals surface area contributed by atoms with E-state index in [0.717, 1.165) is 30.9 Å². The standard InChI is InChI=1S/C18H28N4O4/c1-14(18(24)25-2)21-6-3-7-22-16(13-21)12-15(19-22)4-5-17(23)20-8-10-26-11-9-20/h12,14H,3-11,13H2,1-2H3. The van der Waals surface area contributed by atoms with E-state index in [0.29, 0.717) is 45.7 Å². The number of carbonyl (C=O) groups excluding carboxylic acids is 2. The predicted octanol–water partition coefficient (Wildman–Crippen LogP) is 0.442. The van der Waals surface area contributed by atoms with Gasteiger partial charge >= 0.3 is 5.97 Å². The van der Waals surface area contributed by atoms with E-state index in [4.69, 9.17) is 9.47 Å². The monoisotopic (exact) mass is 364 g/mol. The smallest absolute Gasteiger partial charge is 0.322 e. The summed E-state index contributed by atoms with van der Waals surface area (Å²) in [6, 6.07) is 1.79. The quantitative estimate of drug-likeness (QED) is 0.706. The maximum atomic E-state index is 12.3. The molecule has 1 amide bonds. The number of esters is 1. The molecule has 8 nitrogen and oxygen atoms in total. The largest absolute Gasteiger partial charge is 0.468 e. The molecule has 1 unspecified atom stereocenters. The lowest BCUT2D eigenvalue weighted by atomic mass is 10.2. The highest BCUT2D eigenvalue weighted by molar-refractivity contribution is 5.76. The van der Waals surface area contributed by atoms with Crippen molar-refractivity contribution >= 4 is 11.9 Å². The first-order chi connectivity index (χ1) is 12.6. The summed E-state index contributed by atoms with van der Waals surface area (Å²) in [5.41, 5.74) is 2.03. The van der Waals surface area contributed by atoms with Crippen LogP contribution in [0.1, 0.15) is 31.2 Å². The first-order valence-electron chi connectivity index (χ1n) is 9.31. The van der Waals surface area contributed by atoms with E-state index in [1.807, 2.05) is 16.5 Å². The average Bonchev–Trinajstić information content (AvgIpc) is 2.95. The first-order valence-corrected chi connectivity index (χ1v) is 9.31. The van der Waals surface area contributed by atoms with Crippen LogP contribution in [-0.2, 0) is 38.6 Å². The molecule has 1 saturated heterocycles. The van der Waals surface area contributed by atoms with Gasteiger partial charge in [-0.3, -0.25) is 19.2 Å². The Hall–Kier alpha value is -1.93. The summed E-state index contributed by atoms with van der Waals surface area (Å²) in [7, 11) is 1.42. The third-order valence-corrected chi connectivity index (χ3v) is 5.14. The molecule has 0 aromatic carbocycles. The minimum atomic E-state index is -0.271. The van der Waals surface area contributed by atoms with Gasteiger partial charge in [0.25, 0.3) is 0 Å². The van der Waals surface area contributed by atoms with Crippen molar-refractivity contribution in [3.05, 3.63) is 17.5 Å². The lowest BCUT2D eigenvalue weighted by Gasteiger charge is -2.26. The first kappa shape index (κ1) is 18.8. The van der Waals surface area contributed by atoms with Crippen molar-refractivity contribution in [1.82, 2.24) is 19.6 Å². The number of fused-ring (bicyclic) bond motifs is 1. The number of hydrogen-bond donors (Lipinski definition) is 0. The van der Waals surface area contributed by atoms with Crippen LogP contribution in [0.3, 0.4) is 0 Å². The molecule has 1 aromatic heterocycles. The number of aromatic nitrogens is 2. The highest BCUT2D eigenvalue weighted by atomic mass is 16.5. The third-order valence-electron chi connectivity index (χ3n) is 5.14. The Labute approximate surface area is 154 Å². The molecule has 3 heterocycles. The van der Waals surface area contributed by atoms with Gasteiger partial charge in [0.1, 0.15) is 6.04 Å². The van der Waals surface area contributed by atoms with Gasteiger partial charge in [0.2, 0.25) is 5.91 Å². The lowest BCUT2D eigenvalue weighted by Crippen LogP contribution is -2.40. The molecule has 2 aliphatic rings. The van der Waals surface area contributed by atoms with Gasteiger partial charge in [0, 0.05) is 45.6 Å². The van der Waals surface area contributed by atoms with Gasteiger partial charge in [-0.05, 0) is 19.4 Å². The summed E-state index contributed by atoms with van der Waals surface area (Å²) in [6.07, 6.45) is 2.05. The zero-order valence-electron chi connectivity index (χ0n) is 15.6. The molecule has 0 bridgehead atoms. The summed E-state index contributed by atoms with van der Waals surface area (Å²) in [5, 5.41) is 4.67. The van der Waals surface area contributed by atoms with Crippen molar-refractivity contribution in [1.29, 1.82) is 0 Å². The molecule has 2 aliphatic heterocycles. The molecule has 0 saturated carbocycles. The van der Waals surface area contributed by atoms with Crippen LogP contribution in [0, 0.1) is 0 Å². The summed E-state index contributed by atoms with van der Waals surface area (Å²) < 4.78 is 12.2. The van der Waals surface area contributed by atoms with Gasteiger partial charge < -0.3 is 14.4 Å². The predicted molar refractivity (Wildman–Crippen MR) is 94.5 cm³/mol. The van der Waals surface area contributed by atoms with Crippen molar-refractivity contribution in [3.63, 3.8) is 0 Å². The highest BCUT2D eigenvalue weighted by Gasteiger charge is 2.26. The second-order valence-electron chi connectivity index (χ2n) is 6.87. The van der Waals surface area contributed by atoms with Crippen LogP contribution in [0.2, 0.25) is 0 Å². The number of morpholine rings is 1. The molecule has 0 N–H and O–H groups in total. The lowest BCUT2D eigenvalue weighted by molar-refractivity contribution is -0.146. The second kappa shape index (κ2) is 8.64. The molecule has 144 valence electrons. The Morgan fingerprint density at radius 2 is 2.04 bits per heavy atom. The molecule has 3 rings (SSSR count). The van der Waals surface area contributed by atoms with E-state index in [1.54, 1.807) is 0 Å². The molecule has 8 heteroatoms. The van der Waals surface area contributed by atoms with Crippen LogP contribution in [0.4, 0.5) is 0 Å². The van der Waals surface area contributed by atoms with E-state index in [-0.39, 0.29) is 17.9 Å². The van der Waals surface area contributed by atoms with Crippen molar-refractivity contribution in [2.24, 2.45) is 0 Å². The van der Waals surface area contributed by atoms with E-state index in [1.165, 1.54) is 7.11 Å². The van der Waals surface area contributed by atoms with E-state index >= 15 is 0 Å². The molecule has 0 radical (unpaired) electrons. The van der Waals surface area contributed by atoms with Gasteiger partial charge in [-0.15, -0.1) is 0 Å². The fourth-order valence-corrected chi connectivity index (χ4v) is 3.52. The average molecular weight is 364 g/mol. The minimum absolute atomic E-state index is 0.164. The molecule has 1 fully saturated rings. The maximum absolute atomic E-state index is 12.3. The normalized spacial score (nSPS) is 19.5. The van der Waals surface area contributed by atoms with Crippen LogP contribution in [0.5, 0.6) is 0 Å². The minimum Gasteiger partial charge on any atom is -0.468 e. The van der Waals surface area contributed by atoms with Crippen molar-refractivity contribution in [3.8, 4) is 0 Å². The number of amides is 1. The molecule has 1 atom stereocenters. The van der Waals surface area contributed by atoms with E-state index < -0.39 is 0 Å². The topological polar surface area (TPSA) is 76.9 Å². The maximum Gasteiger partial charge on any atom is 0.322 e. The number of nitrogens with zero attached hydrogens (tertiary/aromatic N) is 4. The third kappa shape index (κ3) is 4.42. The highest BCUT2D eigenvalue weighted by Crippen LogP contribution is 2.17. The Balaban J connectivity index is 1.59. The summed E-state index contributed by atoms with van der Waals surface area (Å²) in [5.74, 6) is -0.0493. The van der Waals surface area contributed by atoms with Gasteiger partial charge in [-0.2, -0.15) is 5.10 Å². The summed E-state index contributed by atoms with van der Waals surface area (Å²) in [4.78, 5) is 28.1. The molecule has 1 aromatic rings. The molecule has 26 heavy (non-hydrogen) atoms. The molecular formula is C18H28N4O4. The Morgan fingerprint density at radius 3 is 2.77 bits per heavy atom. The Morgan fingerprint density at radius 1 is 1.27 bits per heavy atom. The van der Waals surface area contributed by atoms with Gasteiger partial charge in [0.15, 0.2) is 0 Å². The fraction of sp³-hybridized carbons (Fsp3) is 0.722. The van der Waals surface area contributed by atoms with Crippen LogP contribution in [0.15, 0.2) is 6.07 Å². The van der Waals surface area contributed by atoms with Crippen LogP contribution < -0.4 is 0 Å². The van der Waals surface area contributed by atoms with Crippen molar-refractivity contribution in [2.75, 3.05) is 40.0 Å². The van der Waals surface area contributed by atoms with E-state index in [2.05, 4.69) is 16.1 Å². The van der Waals surface area contributed by atoms with Gasteiger partial charge in [-0.25, -0.2) is 0 Å². The van der Waals surface area contributed by atoms with Crippen molar-refractivity contribution < 1.29 is 19.1 Å².